The van der Waals surface area contributed by atoms with Gasteiger partial charge in [-0.05, 0) is 24.0 Å². The van der Waals surface area contributed by atoms with Crippen molar-refractivity contribution in [2.45, 2.75) is 24.9 Å². The summed E-state index contributed by atoms with van der Waals surface area (Å²) in [5, 5.41) is 12.1. The Morgan fingerprint density at radius 1 is 1.41 bits per heavy atom. The molecular weight excluding hydrogens is 240 g/mol. The van der Waals surface area contributed by atoms with Crippen molar-refractivity contribution >= 4 is 18.3 Å². The van der Waals surface area contributed by atoms with Crippen molar-refractivity contribution < 1.29 is 9.90 Å². The Bertz CT molecular complexity index is 373. The first-order chi connectivity index (χ1) is 7.70. The molecule has 0 aliphatic heterocycles. The molecule has 4 nitrogen and oxygen atoms in total. The smallest absolute Gasteiger partial charge is 0.236 e. The molecule has 0 bridgehead atoms. The zero-order chi connectivity index (χ0) is 11.5. The van der Waals surface area contributed by atoms with Crippen LogP contribution in [0.3, 0.4) is 0 Å². The minimum atomic E-state index is -0.640. The third-order valence-electron chi connectivity index (χ3n) is 3.01. The van der Waals surface area contributed by atoms with Gasteiger partial charge in [0.2, 0.25) is 5.91 Å². The molecule has 1 amide bonds. The van der Waals surface area contributed by atoms with E-state index in [2.05, 4.69) is 17.4 Å². The fourth-order valence-electron chi connectivity index (χ4n) is 2.19. The number of carbonyl (C=O) groups is 1. The minimum Gasteiger partial charge on any atom is -0.394 e. The summed E-state index contributed by atoms with van der Waals surface area (Å²) in [5.74, 6) is -0.501. The van der Waals surface area contributed by atoms with Gasteiger partial charge in [0.25, 0.3) is 0 Å². The molecule has 0 spiro atoms. The zero-order valence-electron chi connectivity index (χ0n) is 9.43. The highest BCUT2D eigenvalue weighted by Crippen LogP contribution is 2.21. The van der Waals surface area contributed by atoms with Crippen molar-refractivity contribution in [3.63, 3.8) is 0 Å². The van der Waals surface area contributed by atoms with Gasteiger partial charge in [0, 0.05) is 6.04 Å². The number of halogens is 1. The van der Waals surface area contributed by atoms with E-state index in [0.717, 1.165) is 12.8 Å². The van der Waals surface area contributed by atoms with Crippen LogP contribution in [-0.2, 0) is 17.6 Å². The van der Waals surface area contributed by atoms with Crippen LogP contribution in [0, 0.1) is 0 Å². The molecule has 17 heavy (non-hydrogen) atoms. The zero-order valence-corrected chi connectivity index (χ0v) is 10.2. The molecule has 4 N–H and O–H groups in total. The van der Waals surface area contributed by atoms with E-state index in [0.29, 0.717) is 0 Å². The predicted octanol–water partition coefficient (Wildman–Crippen LogP) is 0.0114. The monoisotopic (exact) mass is 256 g/mol. The van der Waals surface area contributed by atoms with Crippen molar-refractivity contribution in [1.82, 2.24) is 5.32 Å². The topological polar surface area (TPSA) is 75.4 Å². The van der Waals surface area contributed by atoms with Gasteiger partial charge in [-0.15, -0.1) is 12.4 Å². The van der Waals surface area contributed by atoms with Crippen LogP contribution in [0.2, 0.25) is 0 Å². The SMILES string of the molecule is Cl.NC(=O)C(CO)NC1Cc2ccccc2C1. The van der Waals surface area contributed by atoms with E-state index in [9.17, 15) is 4.79 Å². The second-order valence-electron chi connectivity index (χ2n) is 4.18. The Morgan fingerprint density at radius 3 is 2.35 bits per heavy atom. The van der Waals surface area contributed by atoms with Crippen molar-refractivity contribution in [3.8, 4) is 0 Å². The lowest BCUT2D eigenvalue weighted by molar-refractivity contribution is -0.121. The van der Waals surface area contributed by atoms with E-state index >= 15 is 0 Å². The molecule has 1 aliphatic rings. The van der Waals surface area contributed by atoms with Gasteiger partial charge in [0.05, 0.1) is 6.61 Å². The predicted molar refractivity (Wildman–Crippen MR) is 68.1 cm³/mol. The average molecular weight is 257 g/mol. The average Bonchev–Trinajstić information content (AvgIpc) is 2.67. The summed E-state index contributed by atoms with van der Waals surface area (Å²) in [6, 6.07) is 7.77. The lowest BCUT2D eigenvalue weighted by atomic mass is 10.1. The fourth-order valence-corrected chi connectivity index (χ4v) is 2.19. The number of hydrogen-bond acceptors (Lipinski definition) is 3. The summed E-state index contributed by atoms with van der Waals surface area (Å²) in [6.45, 7) is -0.248. The van der Waals surface area contributed by atoms with Gasteiger partial charge in [-0.1, -0.05) is 24.3 Å². The minimum absolute atomic E-state index is 0. The van der Waals surface area contributed by atoms with Gasteiger partial charge in [-0.3, -0.25) is 4.79 Å². The number of aliphatic hydroxyl groups is 1. The maximum Gasteiger partial charge on any atom is 0.236 e. The first kappa shape index (κ1) is 14.0. The number of carbonyl (C=O) groups excluding carboxylic acids is 1. The molecule has 0 saturated heterocycles. The van der Waals surface area contributed by atoms with E-state index in [1.807, 2.05) is 12.1 Å². The van der Waals surface area contributed by atoms with Gasteiger partial charge < -0.3 is 16.2 Å². The van der Waals surface area contributed by atoms with Crippen LogP contribution in [0.15, 0.2) is 24.3 Å². The number of nitrogens with two attached hydrogens (primary N) is 1. The molecule has 0 saturated carbocycles. The number of benzene rings is 1. The summed E-state index contributed by atoms with van der Waals surface area (Å²) < 4.78 is 0. The molecule has 1 aliphatic carbocycles. The van der Waals surface area contributed by atoms with E-state index in [4.69, 9.17) is 10.8 Å². The quantitative estimate of drug-likeness (QED) is 0.711. The van der Waals surface area contributed by atoms with Crippen molar-refractivity contribution in [2.24, 2.45) is 5.73 Å². The molecule has 94 valence electrons. The maximum atomic E-state index is 11.0. The largest absolute Gasteiger partial charge is 0.394 e. The van der Waals surface area contributed by atoms with E-state index < -0.39 is 11.9 Å². The Balaban J connectivity index is 0.00000144. The summed E-state index contributed by atoms with van der Waals surface area (Å²) in [4.78, 5) is 11.0. The lowest BCUT2D eigenvalue weighted by Crippen LogP contribution is -2.49. The second-order valence-corrected chi connectivity index (χ2v) is 4.18. The highest BCUT2D eigenvalue weighted by Gasteiger charge is 2.24. The summed E-state index contributed by atoms with van der Waals surface area (Å²) in [5.41, 5.74) is 7.78. The van der Waals surface area contributed by atoms with Crippen LogP contribution >= 0.6 is 12.4 Å². The summed E-state index contributed by atoms with van der Waals surface area (Å²) >= 11 is 0. The van der Waals surface area contributed by atoms with Crippen LogP contribution in [0.1, 0.15) is 11.1 Å². The third-order valence-corrected chi connectivity index (χ3v) is 3.01. The van der Waals surface area contributed by atoms with Gasteiger partial charge >= 0.3 is 0 Å². The fraction of sp³-hybridized carbons (Fsp3) is 0.417. The summed E-state index contributed by atoms with van der Waals surface area (Å²) in [7, 11) is 0. The number of primary amides is 1. The Morgan fingerprint density at radius 2 is 1.94 bits per heavy atom. The number of fused-ring (bicyclic) bond motifs is 1. The molecule has 2 rings (SSSR count). The standard InChI is InChI=1S/C12H16N2O2.ClH/c13-12(16)11(7-15)14-10-5-8-3-1-2-4-9(8)6-10;/h1-4,10-11,14-15H,5-7H2,(H2,13,16);1H. The number of nitrogens with one attached hydrogen (secondary N) is 1. The maximum absolute atomic E-state index is 11.0. The molecule has 1 atom stereocenters. The van der Waals surface area contributed by atoms with Gasteiger partial charge in [-0.25, -0.2) is 0 Å². The van der Waals surface area contributed by atoms with Crippen LogP contribution in [0.25, 0.3) is 0 Å². The Labute approximate surface area is 107 Å². The highest BCUT2D eigenvalue weighted by atomic mass is 35.5. The second kappa shape index (κ2) is 6.00. The summed E-state index contributed by atoms with van der Waals surface area (Å²) in [6.07, 6.45) is 1.78. The normalized spacial score (nSPS) is 16.1. The van der Waals surface area contributed by atoms with Crippen LogP contribution in [0.5, 0.6) is 0 Å². The lowest BCUT2D eigenvalue weighted by Gasteiger charge is -2.17. The molecule has 0 aromatic heterocycles. The van der Waals surface area contributed by atoms with Crippen molar-refractivity contribution in [1.29, 1.82) is 0 Å². The Hall–Kier alpha value is -1.10. The van der Waals surface area contributed by atoms with Gasteiger partial charge in [0.1, 0.15) is 6.04 Å². The first-order valence-electron chi connectivity index (χ1n) is 5.43. The molecule has 1 unspecified atom stereocenters. The number of rotatable bonds is 4. The molecular formula is C12H17ClN2O2. The highest BCUT2D eigenvalue weighted by molar-refractivity contribution is 5.85. The van der Waals surface area contributed by atoms with Crippen molar-refractivity contribution in [2.75, 3.05) is 6.61 Å². The van der Waals surface area contributed by atoms with Crippen LogP contribution in [0.4, 0.5) is 0 Å². The molecule has 0 heterocycles. The van der Waals surface area contributed by atoms with E-state index in [1.54, 1.807) is 0 Å². The van der Waals surface area contributed by atoms with E-state index in [-0.39, 0.29) is 25.1 Å². The Kier molecular flexibility index (Phi) is 4.93. The van der Waals surface area contributed by atoms with Crippen molar-refractivity contribution in [3.05, 3.63) is 35.4 Å². The number of hydrogen-bond donors (Lipinski definition) is 3. The van der Waals surface area contributed by atoms with E-state index in [1.165, 1.54) is 11.1 Å². The van der Waals surface area contributed by atoms with Crippen LogP contribution < -0.4 is 11.1 Å². The molecule has 1 aromatic carbocycles. The molecule has 1 aromatic rings. The number of amides is 1. The molecule has 0 radical (unpaired) electrons. The third kappa shape index (κ3) is 3.19. The first-order valence-corrected chi connectivity index (χ1v) is 5.43. The van der Waals surface area contributed by atoms with Crippen LogP contribution in [-0.4, -0.2) is 29.7 Å². The molecule has 5 heteroatoms. The molecule has 0 fully saturated rings. The van der Waals surface area contributed by atoms with Gasteiger partial charge in [-0.2, -0.15) is 0 Å². The number of aliphatic hydroxyl groups excluding tert-OH is 1. The van der Waals surface area contributed by atoms with Gasteiger partial charge in [0.15, 0.2) is 0 Å².